The summed E-state index contributed by atoms with van der Waals surface area (Å²) >= 11 is 0. The fraction of sp³-hybridized carbons (Fsp3) is 0.222. The molecule has 0 aliphatic carbocycles. The average Bonchev–Trinajstić information content (AvgIpc) is 2.88. The van der Waals surface area contributed by atoms with E-state index in [4.69, 9.17) is 14.2 Å². The molecule has 2 amide bonds. The van der Waals surface area contributed by atoms with Crippen LogP contribution in [0.3, 0.4) is 0 Å². The highest BCUT2D eigenvalue weighted by molar-refractivity contribution is 6.04. The van der Waals surface area contributed by atoms with Crippen molar-refractivity contribution in [1.82, 2.24) is 5.32 Å². The third kappa shape index (κ3) is 5.78. The molecule has 0 aromatic heterocycles. The first-order valence-corrected chi connectivity index (χ1v) is 11.1. The van der Waals surface area contributed by atoms with E-state index in [2.05, 4.69) is 5.32 Å². The number of hydrogen-bond donors (Lipinski definition) is 1. The Morgan fingerprint density at radius 3 is 2.60 bits per heavy atom. The number of ether oxygens (including phenoxy) is 3. The number of amides is 2. The maximum atomic E-state index is 12.9. The lowest BCUT2D eigenvalue weighted by Gasteiger charge is -2.29. The van der Waals surface area contributed by atoms with E-state index in [1.54, 1.807) is 24.3 Å². The molecule has 0 bridgehead atoms. The molecule has 0 unspecified atom stereocenters. The van der Waals surface area contributed by atoms with E-state index >= 15 is 0 Å². The van der Waals surface area contributed by atoms with Gasteiger partial charge < -0.3 is 19.5 Å². The van der Waals surface area contributed by atoms with Crippen LogP contribution in [0.25, 0.3) is 0 Å². The maximum Gasteiger partial charge on any atom is 0.265 e. The predicted molar refractivity (Wildman–Crippen MR) is 130 cm³/mol. The molecule has 4 rings (SSSR count). The second kappa shape index (κ2) is 10.7. The summed E-state index contributed by atoms with van der Waals surface area (Å²) in [5.74, 6) is 0.453. The van der Waals surface area contributed by atoms with Crippen molar-refractivity contribution in [2.45, 2.75) is 13.5 Å². The standard InChI is InChI=1S/C27H26N2O6/c1-18-8-10-24(25(12-18)33-2)34-16-22(30)20-9-11-23-21(13-20)29(27(32)17-35-23)15-26(31)28-14-19-6-4-3-5-7-19/h3-13H,14-17H2,1-2H3,(H,28,31). The normalized spacial score (nSPS) is 12.4. The third-order valence-electron chi connectivity index (χ3n) is 5.54. The number of benzene rings is 3. The van der Waals surface area contributed by atoms with Crippen molar-refractivity contribution in [1.29, 1.82) is 0 Å². The van der Waals surface area contributed by atoms with Gasteiger partial charge in [-0.2, -0.15) is 0 Å². The van der Waals surface area contributed by atoms with Crippen LogP contribution < -0.4 is 24.4 Å². The van der Waals surface area contributed by atoms with Gasteiger partial charge in [-0.05, 0) is 48.4 Å². The Morgan fingerprint density at radius 1 is 1.03 bits per heavy atom. The molecule has 1 aliphatic heterocycles. The van der Waals surface area contributed by atoms with Crippen LogP contribution in [0, 0.1) is 6.92 Å². The zero-order valence-corrected chi connectivity index (χ0v) is 19.6. The molecular formula is C27H26N2O6. The average molecular weight is 475 g/mol. The molecule has 1 heterocycles. The number of aryl methyl sites for hydroxylation is 1. The van der Waals surface area contributed by atoms with Crippen molar-refractivity contribution in [3.8, 4) is 17.2 Å². The number of carbonyl (C=O) groups is 3. The second-order valence-electron chi connectivity index (χ2n) is 8.08. The number of ketones is 1. The molecule has 35 heavy (non-hydrogen) atoms. The lowest BCUT2D eigenvalue weighted by molar-refractivity contribution is -0.125. The molecule has 8 nitrogen and oxygen atoms in total. The Kier molecular flexibility index (Phi) is 7.30. The minimum atomic E-state index is -0.363. The fourth-order valence-electron chi connectivity index (χ4n) is 3.67. The summed E-state index contributed by atoms with van der Waals surface area (Å²) in [6, 6.07) is 19.7. The minimum absolute atomic E-state index is 0.178. The Morgan fingerprint density at radius 2 is 1.83 bits per heavy atom. The molecule has 0 saturated carbocycles. The monoisotopic (exact) mass is 474 g/mol. The first-order chi connectivity index (χ1) is 16.9. The van der Waals surface area contributed by atoms with Crippen molar-refractivity contribution in [3.05, 3.63) is 83.4 Å². The first kappa shape index (κ1) is 23.8. The summed E-state index contributed by atoms with van der Waals surface area (Å²) in [4.78, 5) is 39.3. The minimum Gasteiger partial charge on any atom is -0.493 e. The number of methoxy groups -OCH3 is 1. The molecule has 180 valence electrons. The Balaban J connectivity index is 1.45. The number of carbonyl (C=O) groups excluding carboxylic acids is 3. The molecular weight excluding hydrogens is 448 g/mol. The number of rotatable bonds is 9. The molecule has 0 spiro atoms. The number of hydrogen-bond acceptors (Lipinski definition) is 6. The molecule has 8 heteroatoms. The van der Waals surface area contributed by atoms with Gasteiger partial charge in [0, 0.05) is 12.1 Å². The smallest absolute Gasteiger partial charge is 0.265 e. The SMILES string of the molecule is COc1cc(C)ccc1OCC(=O)c1ccc2c(c1)N(CC(=O)NCc1ccccc1)C(=O)CO2. The predicted octanol–water partition coefficient (Wildman–Crippen LogP) is 3.31. The van der Waals surface area contributed by atoms with Crippen molar-refractivity contribution in [3.63, 3.8) is 0 Å². The third-order valence-corrected chi connectivity index (χ3v) is 5.54. The number of anilines is 1. The molecule has 0 atom stereocenters. The van der Waals surface area contributed by atoms with Crippen molar-refractivity contribution in [2.75, 3.05) is 31.8 Å². The maximum absolute atomic E-state index is 12.9. The highest BCUT2D eigenvalue weighted by Gasteiger charge is 2.28. The summed E-state index contributed by atoms with van der Waals surface area (Å²) in [7, 11) is 1.54. The largest absolute Gasteiger partial charge is 0.493 e. The van der Waals surface area contributed by atoms with Crippen LogP contribution in [0.2, 0.25) is 0 Å². The molecule has 0 fully saturated rings. The van der Waals surface area contributed by atoms with Gasteiger partial charge in [0.25, 0.3) is 5.91 Å². The topological polar surface area (TPSA) is 94.2 Å². The molecule has 1 aliphatic rings. The van der Waals surface area contributed by atoms with Gasteiger partial charge in [-0.1, -0.05) is 36.4 Å². The van der Waals surface area contributed by atoms with Crippen LogP contribution in [0.5, 0.6) is 17.2 Å². The van der Waals surface area contributed by atoms with Crippen molar-refractivity contribution in [2.24, 2.45) is 0 Å². The van der Waals surface area contributed by atoms with Gasteiger partial charge in [0.15, 0.2) is 30.5 Å². The Labute approximate surface area is 203 Å². The summed E-state index contributed by atoms with van der Waals surface area (Å²) in [5.41, 5.74) is 2.66. The van der Waals surface area contributed by atoms with Crippen molar-refractivity contribution >= 4 is 23.3 Å². The van der Waals surface area contributed by atoms with Crippen LogP contribution >= 0.6 is 0 Å². The lowest BCUT2D eigenvalue weighted by atomic mass is 10.1. The molecule has 3 aromatic rings. The molecule has 0 radical (unpaired) electrons. The quantitative estimate of drug-likeness (QED) is 0.478. The van der Waals surface area contributed by atoms with Crippen molar-refractivity contribution < 1.29 is 28.6 Å². The summed E-state index contributed by atoms with van der Waals surface area (Å²) in [5, 5.41) is 2.82. The van der Waals surface area contributed by atoms with E-state index in [1.807, 2.05) is 49.4 Å². The first-order valence-electron chi connectivity index (χ1n) is 11.1. The van der Waals surface area contributed by atoms with Crippen LogP contribution in [-0.2, 0) is 16.1 Å². The van der Waals surface area contributed by atoms with E-state index in [0.717, 1.165) is 11.1 Å². The Hall–Kier alpha value is -4.33. The van der Waals surface area contributed by atoms with Gasteiger partial charge in [0.05, 0.1) is 12.8 Å². The highest BCUT2D eigenvalue weighted by Crippen LogP contribution is 2.33. The van der Waals surface area contributed by atoms with E-state index in [0.29, 0.717) is 35.0 Å². The Bertz CT molecular complexity index is 1240. The van der Waals surface area contributed by atoms with Gasteiger partial charge in [0.1, 0.15) is 12.3 Å². The van der Waals surface area contributed by atoms with Crippen LogP contribution in [0.1, 0.15) is 21.5 Å². The van der Waals surface area contributed by atoms with E-state index < -0.39 is 0 Å². The van der Waals surface area contributed by atoms with Crippen LogP contribution in [-0.4, -0.2) is 44.5 Å². The summed E-state index contributed by atoms with van der Waals surface area (Å²) in [6.07, 6.45) is 0. The number of Topliss-reactive ketones (excluding diaryl/α,β-unsaturated/α-hetero) is 1. The number of fused-ring (bicyclic) bond motifs is 1. The van der Waals surface area contributed by atoms with E-state index in [1.165, 1.54) is 12.0 Å². The van der Waals surface area contributed by atoms with Crippen LogP contribution in [0.15, 0.2) is 66.7 Å². The zero-order valence-electron chi connectivity index (χ0n) is 19.6. The zero-order chi connectivity index (χ0) is 24.8. The fourth-order valence-corrected chi connectivity index (χ4v) is 3.67. The van der Waals surface area contributed by atoms with Crippen LogP contribution in [0.4, 0.5) is 5.69 Å². The number of nitrogens with zero attached hydrogens (tertiary/aromatic N) is 1. The lowest BCUT2D eigenvalue weighted by Crippen LogP contribution is -2.45. The molecule has 3 aromatic carbocycles. The van der Waals surface area contributed by atoms with Gasteiger partial charge in [-0.15, -0.1) is 0 Å². The molecule has 0 saturated heterocycles. The second-order valence-corrected chi connectivity index (χ2v) is 8.08. The summed E-state index contributed by atoms with van der Waals surface area (Å²) < 4.78 is 16.5. The van der Waals surface area contributed by atoms with Gasteiger partial charge >= 0.3 is 0 Å². The molecule has 1 N–H and O–H groups in total. The van der Waals surface area contributed by atoms with Gasteiger partial charge in [0.2, 0.25) is 5.91 Å². The van der Waals surface area contributed by atoms with Gasteiger partial charge in [-0.25, -0.2) is 0 Å². The summed E-state index contributed by atoms with van der Waals surface area (Å²) in [6.45, 7) is 1.70. The van der Waals surface area contributed by atoms with E-state index in [-0.39, 0.29) is 37.4 Å². The highest BCUT2D eigenvalue weighted by atomic mass is 16.5. The van der Waals surface area contributed by atoms with Gasteiger partial charge in [-0.3, -0.25) is 19.3 Å². The number of nitrogens with one attached hydrogen (secondary N) is 1. The van der Waals surface area contributed by atoms with E-state index in [9.17, 15) is 14.4 Å².